The molecule has 0 aromatic carbocycles. The van der Waals surface area contributed by atoms with E-state index >= 15 is 0 Å². The van der Waals surface area contributed by atoms with Crippen LogP contribution in [0.15, 0.2) is 23.3 Å². The molecule has 74 valence electrons. The van der Waals surface area contributed by atoms with Gasteiger partial charge in [0.05, 0.1) is 0 Å². The number of pyridine rings is 1. The molecule has 5 nitrogen and oxygen atoms in total. The summed E-state index contributed by atoms with van der Waals surface area (Å²) in [5.74, 6) is 1.49. The van der Waals surface area contributed by atoms with E-state index in [2.05, 4.69) is 15.2 Å². The Bertz CT molecular complexity index is 564. The molecular formula is C10H8N4O. The molecule has 0 spiro atoms. The minimum Gasteiger partial charge on any atom is -0.284 e. The fraction of sp³-hybridized carbons (Fsp3) is 0.300. The van der Waals surface area contributed by atoms with Crippen LogP contribution in [-0.2, 0) is 4.79 Å². The maximum atomic E-state index is 10.2. The molecule has 0 atom stereocenters. The van der Waals surface area contributed by atoms with Crippen molar-refractivity contribution < 1.29 is 4.79 Å². The van der Waals surface area contributed by atoms with Crippen molar-refractivity contribution >= 4 is 17.4 Å². The summed E-state index contributed by atoms with van der Waals surface area (Å²) in [6.07, 6.45) is 5.76. The average Bonchev–Trinajstić information content (AvgIpc) is 3.00. The quantitative estimate of drug-likeness (QED) is 0.546. The van der Waals surface area contributed by atoms with E-state index in [1.54, 1.807) is 6.07 Å². The first-order valence-corrected chi connectivity index (χ1v) is 4.81. The molecule has 2 aromatic heterocycles. The van der Waals surface area contributed by atoms with Gasteiger partial charge in [-0.05, 0) is 25.0 Å². The van der Waals surface area contributed by atoms with Gasteiger partial charge >= 0.3 is 0 Å². The van der Waals surface area contributed by atoms with Crippen LogP contribution in [0.25, 0.3) is 5.65 Å². The lowest BCUT2D eigenvalue weighted by Crippen LogP contribution is -1.90. The van der Waals surface area contributed by atoms with E-state index in [0.29, 0.717) is 17.3 Å². The van der Waals surface area contributed by atoms with Gasteiger partial charge in [0, 0.05) is 12.1 Å². The second-order valence-corrected chi connectivity index (χ2v) is 3.62. The van der Waals surface area contributed by atoms with Crippen LogP contribution in [0.1, 0.15) is 24.6 Å². The van der Waals surface area contributed by atoms with Gasteiger partial charge in [0.25, 0.3) is 0 Å². The number of aliphatic imine (C=N–C) groups is 1. The molecule has 0 unspecified atom stereocenters. The van der Waals surface area contributed by atoms with Gasteiger partial charge in [0.1, 0.15) is 11.5 Å². The Morgan fingerprint density at radius 2 is 2.33 bits per heavy atom. The van der Waals surface area contributed by atoms with Crippen LogP contribution in [0.3, 0.4) is 0 Å². The number of nitrogens with zero attached hydrogens (tertiary/aromatic N) is 4. The van der Waals surface area contributed by atoms with Crippen molar-refractivity contribution in [2.75, 3.05) is 0 Å². The van der Waals surface area contributed by atoms with Gasteiger partial charge in [-0.25, -0.2) is 4.79 Å². The minimum absolute atomic E-state index is 0.520. The van der Waals surface area contributed by atoms with Crippen molar-refractivity contribution in [3.05, 3.63) is 24.2 Å². The Labute approximate surface area is 85.5 Å². The molecule has 2 aromatic rings. The predicted octanol–water partition coefficient (Wildman–Crippen LogP) is 1.57. The van der Waals surface area contributed by atoms with Gasteiger partial charge in [-0.2, -0.15) is 4.99 Å². The van der Waals surface area contributed by atoms with Crippen molar-refractivity contribution in [3.63, 3.8) is 0 Å². The third-order valence-electron chi connectivity index (χ3n) is 2.55. The highest BCUT2D eigenvalue weighted by Crippen LogP contribution is 2.39. The van der Waals surface area contributed by atoms with Crippen molar-refractivity contribution in [1.29, 1.82) is 0 Å². The molecule has 1 aliphatic carbocycles. The predicted molar refractivity (Wildman–Crippen MR) is 52.7 cm³/mol. The lowest BCUT2D eigenvalue weighted by Gasteiger charge is -1.97. The smallest absolute Gasteiger partial charge is 0.240 e. The first-order valence-electron chi connectivity index (χ1n) is 4.81. The standard InChI is InChI=1S/C10H8N4O/c15-6-11-8-2-1-5-14-9(7-3-4-7)12-13-10(8)14/h1-2,5,7H,3-4H2. The molecule has 15 heavy (non-hydrogen) atoms. The highest BCUT2D eigenvalue weighted by Gasteiger charge is 2.28. The van der Waals surface area contributed by atoms with E-state index in [0.717, 1.165) is 5.82 Å². The van der Waals surface area contributed by atoms with Gasteiger partial charge in [0.15, 0.2) is 5.65 Å². The van der Waals surface area contributed by atoms with Crippen LogP contribution in [0.2, 0.25) is 0 Å². The largest absolute Gasteiger partial charge is 0.284 e. The van der Waals surface area contributed by atoms with E-state index in [4.69, 9.17) is 0 Å². The topological polar surface area (TPSA) is 59.6 Å². The Kier molecular flexibility index (Phi) is 1.66. The summed E-state index contributed by atoms with van der Waals surface area (Å²) in [6.45, 7) is 0. The maximum absolute atomic E-state index is 10.2. The van der Waals surface area contributed by atoms with Crippen molar-refractivity contribution in [3.8, 4) is 0 Å². The third-order valence-corrected chi connectivity index (χ3v) is 2.55. The van der Waals surface area contributed by atoms with Gasteiger partial charge in [-0.1, -0.05) is 0 Å². The fourth-order valence-electron chi connectivity index (χ4n) is 1.68. The molecule has 0 aliphatic heterocycles. The zero-order valence-electron chi connectivity index (χ0n) is 7.92. The first kappa shape index (κ1) is 8.32. The van der Waals surface area contributed by atoms with E-state index in [1.807, 2.05) is 16.7 Å². The maximum Gasteiger partial charge on any atom is 0.240 e. The molecule has 0 bridgehead atoms. The second-order valence-electron chi connectivity index (χ2n) is 3.62. The summed E-state index contributed by atoms with van der Waals surface area (Å²) >= 11 is 0. The number of fused-ring (bicyclic) bond motifs is 1. The van der Waals surface area contributed by atoms with E-state index in [-0.39, 0.29) is 0 Å². The number of hydrogen-bond acceptors (Lipinski definition) is 4. The number of hydrogen-bond donors (Lipinski definition) is 0. The molecule has 0 N–H and O–H groups in total. The van der Waals surface area contributed by atoms with E-state index in [1.165, 1.54) is 18.9 Å². The average molecular weight is 200 g/mol. The highest BCUT2D eigenvalue weighted by molar-refractivity contribution is 5.66. The van der Waals surface area contributed by atoms with Crippen LogP contribution in [-0.4, -0.2) is 20.7 Å². The monoisotopic (exact) mass is 200 g/mol. The van der Waals surface area contributed by atoms with Gasteiger partial charge < -0.3 is 0 Å². The molecule has 5 heteroatoms. The number of carbonyl (C=O) groups excluding carboxylic acids is 1. The summed E-state index contributed by atoms with van der Waals surface area (Å²) in [5, 5.41) is 8.16. The SMILES string of the molecule is O=C=Nc1cccn2c(C3CC3)nnc12. The van der Waals surface area contributed by atoms with Gasteiger partial charge in [0.2, 0.25) is 6.08 Å². The molecule has 1 saturated carbocycles. The molecule has 2 heterocycles. The Balaban J connectivity index is 2.27. The van der Waals surface area contributed by atoms with Gasteiger partial charge in [-0.3, -0.25) is 4.40 Å². The van der Waals surface area contributed by atoms with Crippen molar-refractivity contribution in [2.45, 2.75) is 18.8 Å². The van der Waals surface area contributed by atoms with Crippen molar-refractivity contribution in [2.24, 2.45) is 4.99 Å². The van der Waals surface area contributed by atoms with Crippen LogP contribution in [0, 0.1) is 0 Å². The second kappa shape index (κ2) is 3.00. The van der Waals surface area contributed by atoms with Crippen LogP contribution in [0.4, 0.5) is 5.69 Å². The summed E-state index contributed by atoms with van der Waals surface area (Å²) in [4.78, 5) is 13.8. The highest BCUT2D eigenvalue weighted by atomic mass is 16.1. The van der Waals surface area contributed by atoms with Crippen molar-refractivity contribution in [1.82, 2.24) is 14.6 Å². The summed E-state index contributed by atoms with van der Waals surface area (Å²) in [7, 11) is 0. The fourth-order valence-corrected chi connectivity index (χ4v) is 1.68. The zero-order valence-corrected chi connectivity index (χ0v) is 7.92. The van der Waals surface area contributed by atoms with Gasteiger partial charge in [-0.15, -0.1) is 10.2 Å². The molecule has 0 radical (unpaired) electrons. The zero-order chi connectivity index (χ0) is 10.3. The van der Waals surface area contributed by atoms with Crippen LogP contribution < -0.4 is 0 Å². The summed E-state index contributed by atoms with van der Waals surface area (Å²) < 4.78 is 1.90. The van der Waals surface area contributed by atoms with E-state index < -0.39 is 0 Å². The summed E-state index contributed by atoms with van der Waals surface area (Å²) in [5.41, 5.74) is 1.15. The molecular weight excluding hydrogens is 192 g/mol. The first-order chi connectivity index (χ1) is 7.40. The van der Waals surface area contributed by atoms with Crippen LogP contribution in [0.5, 0.6) is 0 Å². The number of aromatic nitrogens is 3. The normalized spacial score (nSPS) is 15.2. The lowest BCUT2D eigenvalue weighted by atomic mass is 10.3. The lowest BCUT2D eigenvalue weighted by molar-refractivity contribution is 0.565. The third kappa shape index (κ3) is 1.25. The van der Waals surface area contributed by atoms with Crippen LogP contribution >= 0.6 is 0 Å². The molecule has 1 fully saturated rings. The minimum atomic E-state index is 0.520. The Morgan fingerprint density at radius 3 is 3.07 bits per heavy atom. The molecule has 0 saturated heterocycles. The number of isocyanates is 1. The van der Waals surface area contributed by atoms with E-state index in [9.17, 15) is 4.79 Å². The molecule has 1 aliphatic rings. The number of rotatable bonds is 2. The Morgan fingerprint density at radius 1 is 1.47 bits per heavy atom. The molecule has 0 amide bonds. The Hall–Kier alpha value is -2.00. The molecule has 3 rings (SSSR count). The summed E-state index contributed by atoms with van der Waals surface area (Å²) in [6, 6.07) is 3.56.